The molecule has 0 bridgehead atoms. The average molecular weight is 431 g/mol. The van der Waals surface area contributed by atoms with Gasteiger partial charge < -0.3 is 19.4 Å². The molecule has 168 valence electrons. The molecule has 10 heteroatoms. The van der Waals surface area contributed by atoms with Crippen LogP contribution in [0.3, 0.4) is 0 Å². The van der Waals surface area contributed by atoms with Gasteiger partial charge >= 0.3 is 0 Å². The number of amides is 2. The van der Waals surface area contributed by atoms with Crippen molar-refractivity contribution >= 4 is 23.2 Å². The lowest BCUT2D eigenvalue weighted by Gasteiger charge is -2.37. The van der Waals surface area contributed by atoms with Crippen LogP contribution in [0, 0.1) is 10.1 Å². The molecule has 0 spiro atoms. The van der Waals surface area contributed by atoms with Gasteiger partial charge in [0.25, 0.3) is 11.6 Å². The molecule has 0 saturated carbocycles. The van der Waals surface area contributed by atoms with Gasteiger partial charge in [-0.1, -0.05) is 0 Å². The van der Waals surface area contributed by atoms with Crippen LogP contribution >= 0.6 is 0 Å². The van der Waals surface area contributed by atoms with Crippen LogP contribution in [0.4, 0.5) is 11.4 Å². The number of hydrogen-bond donors (Lipinski definition) is 0. The third-order valence-corrected chi connectivity index (χ3v) is 6.26. The Labute approximate surface area is 181 Å². The number of nitro benzene ring substituents is 1. The van der Waals surface area contributed by atoms with Gasteiger partial charge in [-0.3, -0.25) is 24.6 Å². The zero-order chi connectivity index (χ0) is 21.8. The summed E-state index contributed by atoms with van der Waals surface area (Å²) in [6.07, 6.45) is 1.86. The highest BCUT2D eigenvalue weighted by molar-refractivity contribution is 5.99. The number of nitrogens with zero attached hydrogens (tertiary/aromatic N) is 5. The van der Waals surface area contributed by atoms with Crippen molar-refractivity contribution in [2.45, 2.75) is 12.8 Å². The SMILES string of the molecule is O=C(CN1CCOCC1)N1CCN(c2ccc([N+](=O)[O-])c(C(=O)N3CCCC3)c2)CC1. The van der Waals surface area contributed by atoms with Crippen LogP contribution < -0.4 is 4.90 Å². The van der Waals surface area contributed by atoms with Gasteiger partial charge in [-0.2, -0.15) is 0 Å². The van der Waals surface area contributed by atoms with E-state index < -0.39 is 4.92 Å². The number of likely N-dealkylation sites (tertiary alicyclic amines) is 1. The molecule has 3 aliphatic rings. The Balaban J connectivity index is 1.40. The van der Waals surface area contributed by atoms with E-state index in [1.807, 2.05) is 4.90 Å². The summed E-state index contributed by atoms with van der Waals surface area (Å²) in [6.45, 7) is 7.03. The van der Waals surface area contributed by atoms with Crippen LogP contribution in [0.25, 0.3) is 0 Å². The monoisotopic (exact) mass is 431 g/mol. The Morgan fingerprint density at radius 1 is 0.935 bits per heavy atom. The molecule has 3 aliphatic heterocycles. The van der Waals surface area contributed by atoms with Crippen LogP contribution in [-0.4, -0.2) is 104 Å². The minimum atomic E-state index is -0.491. The lowest BCUT2D eigenvalue weighted by molar-refractivity contribution is -0.385. The maximum Gasteiger partial charge on any atom is 0.282 e. The summed E-state index contributed by atoms with van der Waals surface area (Å²) < 4.78 is 5.33. The predicted molar refractivity (Wildman–Crippen MR) is 114 cm³/mol. The first kappa shape index (κ1) is 21.5. The van der Waals surface area contributed by atoms with Gasteiger partial charge in [0.1, 0.15) is 5.56 Å². The minimum absolute atomic E-state index is 0.121. The topological polar surface area (TPSA) is 99.5 Å². The molecule has 0 aliphatic carbocycles. The first-order valence-corrected chi connectivity index (χ1v) is 10.9. The van der Waals surface area contributed by atoms with E-state index in [0.29, 0.717) is 59.0 Å². The maximum atomic E-state index is 12.9. The van der Waals surface area contributed by atoms with Gasteiger partial charge in [-0.25, -0.2) is 0 Å². The van der Waals surface area contributed by atoms with Gasteiger partial charge in [-0.05, 0) is 25.0 Å². The predicted octanol–water partition coefficient (Wildman–Crippen LogP) is 0.812. The number of piperazine rings is 1. The minimum Gasteiger partial charge on any atom is -0.379 e. The lowest BCUT2D eigenvalue weighted by Crippen LogP contribution is -2.52. The van der Waals surface area contributed by atoms with Gasteiger partial charge in [0.15, 0.2) is 0 Å². The van der Waals surface area contributed by atoms with Crippen molar-refractivity contribution < 1.29 is 19.2 Å². The van der Waals surface area contributed by atoms with E-state index >= 15 is 0 Å². The van der Waals surface area contributed by atoms with E-state index in [-0.39, 0.29) is 23.1 Å². The Kier molecular flexibility index (Phi) is 6.67. The van der Waals surface area contributed by atoms with E-state index in [2.05, 4.69) is 9.80 Å². The molecule has 2 amide bonds. The molecule has 0 atom stereocenters. The summed E-state index contributed by atoms with van der Waals surface area (Å²) in [5, 5.41) is 11.5. The molecule has 4 rings (SSSR count). The van der Waals surface area contributed by atoms with Crippen LogP contribution in [0.15, 0.2) is 18.2 Å². The molecular weight excluding hydrogens is 402 g/mol. The van der Waals surface area contributed by atoms with Crippen LogP contribution in [0.1, 0.15) is 23.2 Å². The molecule has 0 unspecified atom stereocenters. The molecule has 3 fully saturated rings. The highest BCUT2D eigenvalue weighted by atomic mass is 16.6. The zero-order valence-electron chi connectivity index (χ0n) is 17.7. The number of hydrogen-bond acceptors (Lipinski definition) is 7. The molecule has 0 N–H and O–H groups in total. The van der Waals surface area contributed by atoms with Crippen LogP contribution in [0.5, 0.6) is 0 Å². The largest absolute Gasteiger partial charge is 0.379 e. The normalized spacial score (nSPS) is 20.2. The molecule has 10 nitrogen and oxygen atoms in total. The average Bonchev–Trinajstić information content (AvgIpc) is 3.34. The Bertz CT molecular complexity index is 827. The third-order valence-electron chi connectivity index (χ3n) is 6.26. The molecule has 1 aromatic rings. The van der Waals surface area contributed by atoms with E-state index in [1.165, 1.54) is 6.07 Å². The highest BCUT2D eigenvalue weighted by Crippen LogP contribution is 2.28. The molecule has 31 heavy (non-hydrogen) atoms. The fourth-order valence-electron chi connectivity index (χ4n) is 4.41. The second kappa shape index (κ2) is 9.61. The number of ether oxygens (including phenoxy) is 1. The molecule has 0 radical (unpaired) electrons. The molecule has 3 heterocycles. The van der Waals surface area contributed by atoms with E-state index in [4.69, 9.17) is 4.74 Å². The fourth-order valence-corrected chi connectivity index (χ4v) is 4.41. The summed E-state index contributed by atoms with van der Waals surface area (Å²) in [5.41, 5.74) is 0.781. The van der Waals surface area contributed by atoms with Crippen LogP contribution in [0.2, 0.25) is 0 Å². The van der Waals surface area contributed by atoms with Crippen molar-refractivity contribution in [2.75, 3.05) is 77.0 Å². The number of morpholine rings is 1. The van der Waals surface area contributed by atoms with Crippen LogP contribution in [-0.2, 0) is 9.53 Å². The molecule has 1 aromatic carbocycles. The third kappa shape index (κ3) is 4.96. The Morgan fingerprint density at radius 3 is 2.26 bits per heavy atom. The Hall–Kier alpha value is -2.72. The number of benzene rings is 1. The van der Waals surface area contributed by atoms with Gasteiger partial charge in [0, 0.05) is 64.1 Å². The fraction of sp³-hybridized carbons (Fsp3) is 0.619. The lowest BCUT2D eigenvalue weighted by atomic mass is 10.1. The number of nitro groups is 1. The standard InChI is InChI=1S/C21H29N5O5/c27-20(16-22-11-13-31-14-12-22)24-9-7-23(8-10-24)17-3-4-19(26(29)30)18(15-17)21(28)25-5-1-2-6-25/h3-4,15H,1-2,5-14,16H2. The molecule has 3 saturated heterocycles. The van der Waals surface area contributed by atoms with Crippen molar-refractivity contribution in [1.82, 2.24) is 14.7 Å². The second-order valence-electron chi connectivity index (χ2n) is 8.21. The second-order valence-corrected chi connectivity index (χ2v) is 8.21. The number of rotatable bonds is 5. The number of anilines is 1. The quantitative estimate of drug-likeness (QED) is 0.502. The summed E-state index contributed by atoms with van der Waals surface area (Å²) in [5.74, 6) is -0.152. The maximum absolute atomic E-state index is 12.9. The molecule has 0 aromatic heterocycles. The Morgan fingerprint density at radius 2 is 1.61 bits per heavy atom. The summed E-state index contributed by atoms with van der Waals surface area (Å²) >= 11 is 0. The van der Waals surface area contributed by atoms with Gasteiger partial charge in [0.2, 0.25) is 5.91 Å². The highest BCUT2D eigenvalue weighted by Gasteiger charge is 2.29. The number of carbonyl (C=O) groups is 2. The van der Waals surface area contributed by atoms with Gasteiger partial charge in [0.05, 0.1) is 24.7 Å². The smallest absolute Gasteiger partial charge is 0.282 e. The zero-order valence-corrected chi connectivity index (χ0v) is 17.7. The van der Waals surface area contributed by atoms with Crippen molar-refractivity contribution in [1.29, 1.82) is 0 Å². The summed E-state index contributed by atoms with van der Waals surface area (Å²) in [6, 6.07) is 4.77. The van der Waals surface area contributed by atoms with Crippen molar-refractivity contribution in [3.05, 3.63) is 33.9 Å². The summed E-state index contributed by atoms with van der Waals surface area (Å²) in [4.78, 5) is 44.2. The van der Waals surface area contributed by atoms with Crippen molar-refractivity contribution in [3.8, 4) is 0 Å². The molecular formula is C21H29N5O5. The first-order valence-electron chi connectivity index (χ1n) is 10.9. The van der Waals surface area contributed by atoms with E-state index in [1.54, 1.807) is 17.0 Å². The summed E-state index contributed by atoms with van der Waals surface area (Å²) in [7, 11) is 0. The van der Waals surface area contributed by atoms with Gasteiger partial charge in [-0.15, -0.1) is 0 Å². The van der Waals surface area contributed by atoms with E-state index in [0.717, 1.165) is 31.6 Å². The van der Waals surface area contributed by atoms with Crippen molar-refractivity contribution in [2.24, 2.45) is 0 Å². The van der Waals surface area contributed by atoms with E-state index in [9.17, 15) is 19.7 Å². The van der Waals surface area contributed by atoms with Crippen molar-refractivity contribution in [3.63, 3.8) is 0 Å². The first-order chi connectivity index (χ1) is 15.0. The number of carbonyl (C=O) groups excluding carboxylic acids is 2.